The van der Waals surface area contributed by atoms with Crippen molar-refractivity contribution in [1.82, 2.24) is 14.9 Å². The lowest BCUT2D eigenvalue weighted by molar-refractivity contribution is -0.156. The average molecular weight is 983 g/mol. The lowest BCUT2D eigenvalue weighted by Gasteiger charge is -2.35. The summed E-state index contributed by atoms with van der Waals surface area (Å²) in [6.45, 7) is 15.1. The number of ketones is 1. The molecule has 15 nitrogen and oxygen atoms in total. The maximum Gasteiger partial charge on any atom is 0.519 e. The fraction of sp³-hybridized carbons (Fsp3) is 0.500. The van der Waals surface area contributed by atoms with Crippen LogP contribution in [-0.2, 0) is 41.0 Å². The minimum absolute atomic E-state index is 0.00289. The van der Waals surface area contributed by atoms with Crippen LogP contribution in [0.25, 0.3) is 22.3 Å². The van der Waals surface area contributed by atoms with Crippen molar-refractivity contribution in [2.75, 3.05) is 19.0 Å². The van der Waals surface area contributed by atoms with Crippen molar-refractivity contribution in [2.45, 2.75) is 135 Å². The predicted octanol–water partition coefficient (Wildman–Crippen LogP) is 10.5. The summed E-state index contributed by atoms with van der Waals surface area (Å²) < 4.78 is 50.8. The van der Waals surface area contributed by atoms with E-state index in [0.717, 1.165) is 36.4 Å². The normalized spacial score (nSPS) is 21.8. The number of nitrogens with one attached hydrogen (secondary N) is 1. The standard InChI is InChI=1S/C52H63N4O11PS/c1-9-34-25-52(34,68(61,29-33-15-11-10-12-16-33)63-28-46-32(4)64-50(60)67-46)26-44(57)43-22-37(27-56(43)48(59)39(51(5,6)7)23-47(58)66-35-17-13-14-18-35)65-45-24-41(42-30-69-49(55-42)53-31(2)3)54-40-21-36(62-8)19-20-38(40)45/h9-12,15-16,19-21,24,30-31,34-35,37,39,43H,1,13-14,17-18,22-23,25-29H2,2-8H3,(H,53,55)/t34-,37-,39-,43+,52-,68?/m1/s1. The summed E-state index contributed by atoms with van der Waals surface area (Å²) in [6, 6.07) is 15.7. The molecule has 69 heavy (non-hydrogen) atoms. The number of Topliss-reactive ketones (excluding diaryl/α,β-unsaturated/α-hetero) is 1. The van der Waals surface area contributed by atoms with Crippen molar-refractivity contribution in [2.24, 2.45) is 17.3 Å². The van der Waals surface area contributed by atoms with Crippen molar-refractivity contribution in [3.05, 3.63) is 100 Å². The van der Waals surface area contributed by atoms with Gasteiger partial charge in [0, 0.05) is 41.8 Å². The van der Waals surface area contributed by atoms with Gasteiger partial charge in [-0.25, -0.2) is 14.8 Å². The summed E-state index contributed by atoms with van der Waals surface area (Å²) in [5, 5.41) is 5.53. The summed E-state index contributed by atoms with van der Waals surface area (Å²) in [6.07, 6.45) is 4.49. The number of carbonyl (C=O) groups is 3. The van der Waals surface area contributed by atoms with E-state index in [9.17, 15) is 9.59 Å². The minimum Gasteiger partial charge on any atom is -0.497 e. The van der Waals surface area contributed by atoms with Gasteiger partial charge in [-0.2, -0.15) is 0 Å². The number of anilines is 1. The third kappa shape index (κ3) is 11.1. The number of aryl methyl sites for hydroxylation is 1. The number of methoxy groups -OCH3 is 1. The Morgan fingerprint density at radius 1 is 1.04 bits per heavy atom. The Balaban J connectivity index is 1.15. The second-order valence-electron chi connectivity index (χ2n) is 20.0. The molecular formula is C52H63N4O11PS. The number of esters is 1. The highest BCUT2D eigenvalue weighted by atomic mass is 32.1. The zero-order chi connectivity index (χ0) is 49.3. The van der Waals surface area contributed by atoms with Gasteiger partial charge in [0.15, 0.2) is 16.7 Å². The first kappa shape index (κ1) is 49.8. The number of amides is 1. The third-order valence-corrected chi connectivity index (χ3v) is 17.8. The van der Waals surface area contributed by atoms with Crippen LogP contribution >= 0.6 is 18.7 Å². The molecule has 2 aromatic carbocycles. The number of fused-ring (bicyclic) bond motifs is 1. The number of aromatic nitrogens is 2. The van der Waals surface area contributed by atoms with E-state index in [1.807, 2.05) is 94.6 Å². The lowest BCUT2D eigenvalue weighted by Crippen LogP contribution is -2.48. The zero-order valence-electron chi connectivity index (χ0n) is 40.5. The quantitative estimate of drug-likeness (QED) is 0.0440. The number of thiazole rings is 1. The monoisotopic (exact) mass is 982 g/mol. The Kier molecular flexibility index (Phi) is 14.7. The molecule has 1 N–H and O–H groups in total. The van der Waals surface area contributed by atoms with E-state index in [2.05, 4.69) is 11.9 Å². The van der Waals surface area contributed by atoms with Gasteiger partial charge in [-0.3, -0.25) is 18.9 Å². The van der Waals surface area contributed by atoms with Gasteiger partial charge in [0.1, 0.15) is 41.8 Å². The van der Waals surface area contributed by atoms with Crippen LogP contribution in [0.2, 0.25) is 0 Å². The van der Waals surface area contributed by atoms with Crippen molar-refractivity contribution in [3.8, 4) is 22.9 Å². The van der Waals surface area contributed by atoms with Crippen LogP contribution in [0.1, 0.15) is 103 Å². The number of rotatable bonds is 20. The first-order valence-corrected chi connectivity index (χ1v) is 26.5. The number of pyridine rings is 1. The molecule has 8 rings (SSSR count). The Morgan fingerprint density at radius 2 is 1.80 bits per heavy atom. The topological polar surface area (TPSA) is 190 Å². The molecule has 3 aliphatic rings. The van der Waals surface area contributed by atoms with Crippen molar-refractivity contribution < 1.29 is 46.5 Å². The molecule has 3 aromatic heterocycles. The summed E-state index contributed by atoms with van der Waals surface area (Å²) in [5.74, 6) is -1.85. The van der Waals surface area contributed by atoms with Gasteiger partial charge in [0.05, 0.1) is 54.6 Å². The first-order valence-electron chi connectivity index (χ1n) is 23.8. The van der Waals surface area contributed by atoms with E-state index < -0.39 is 47.8 Å². The van der Waals surface area contributed by atoms with E-state index in [4.69, 9.17) is 37.5 Å². The molecule has 1 amide bonds. The van der Waals surface area contributed by atoms with Crippen LogP contribution in [0.3, 0.4) is 0 Å². The number of hydrogen-bond acceptors (Lipinski definition) is 15. The van der Waals surface area contributed by atoms with Gasteiger partial charge >= 0.3 is 11.8 Å². The van der Waals surface area contributed by atoms with E-state index in [1.54, 1.807) is 25.0 Å². The second kappa shape index (κ2) is 20.4. The molecule has 1 saturated heterocycles. The smallest absolute Gasteiger partial charge is 0.497 e. The second-order valence-corrected chi connectivity index (χ2v) is 23.7. The summed E-state index contributed by atoms with van der Waals surface area (Å²) in [5.41, 5.74) is 1.85. The molecule has 2 saturated carbocycles. The Bertz CT molecular complexity index is 2790. The molecule has 0 bridgehead atoms. The highest BCUT2D eigenvalue weighted by molar-refractivity contribution is 7.60. The molecule has 4 heterocycles. The number of carbonyl (C=O) groups excluding carboxylic acids is 3. The Labute approximate surface area is 406 Å². The fourth-order valence-electron chi connectivity index (χ4n) is 9.80. The van der Waals surface area contributed by atoms with Crippen LogP contribution in [-0.4, -0.2) is 75.6 Å². The molecule has 1 unspecified atom stereocenters. The maximum atomic E-state index is 15.7. The summed E-state index contributed by atoms with van der Waals surface area (Å²) in [4.78, 5) is 67.5. The van der Waals surface area contributed by atoms with Crippen LogP contribution < -0.4 is 20.6 Å². The Morgan fingerprint density at radius 3 is 2.45 bits per heavy atom. The lowest BCUT2D eigenvalue weighted by atomic mass is 9.77. The minimum atomic E-state index is -3.86. The van der Waals surface area contributed by atoms with Gasteiger partial charge in [0.25, 0.3) is 0 Å². The van der Waals surface area contributed by atoms with E-state index in [-0.39, 0.29) is 79.9 Å². The first-order chi connectivity index (χ1) is 32.9. The molecule has 0 radical (unpaired) electrons. The maximum absolute atomic E-state index is 15.7. The third-order valence-electron chi connectivity index (χ3n) is 13.7. The van der Waals surface area contributed by atoms with Gasteiger partial charge in [-0.1, -0.05) is 57.2 Å². The molecule has 2 aliphatic carbocycles. The largest absolute Gasteiger partial charge is 0.519 e. The molecule has 1 aliphatic heterocycles. The molecule has 368 valence electrons. The Hall–Kier alpha value is -5.57. The van der Waals surface area contributed by atoms with Gasteiger partial charge in [-0.15, -0.1) is 17.9 Å². The number of ether oxygens (including phenoxy) is 3. The number of nitrogens with zero attached hydrogens (tertiary/aromatic N) is 3. The number of allylic oxidation sites excluding steroid dienone is 1. The number of hydrogen-bond donors (Lipinski definition) is 1. The van der Waals surface area contributed by atoms with E-state index in [1.165, 1.54) is 11.3 Å². The van der Waals surface area contributed by atoms with Crippen LogP contribution in [0.15, 0.2) is 86.3 Å². The van der Waals surface area contributed by atoms with Crippen LogP contribution in [0.4, 0.5) is 5.13 Å². The fourth-order valence-corrected chi connectivity index (χ4v) is 13.8. The average Bonchev–Trinajstić information content (AvgIpc) is 3.84. The summed E-state index contributed by atoms with van der Waals surface area (Å²) >= 11 is 1.47. The number of likely N-dealkylation sites (tertiary alicyclic amines) is 1. The predicted molar refractivity (Wildman–Crippen MR) is 264 cm³/mol. The molecule has 0 spiro atoms. The van der Waals surface area contributed by atoms with Crippen LogP contribution in [0.5, 0.6) is 11.5 Å². The van der Waals surface area contributed by atoms with Gasteiger partial charge < -0.3 is 37.8 Å². The van der Waals surface area contributed by atoms with Gasteiger partial charge in [0.2, 0.25) is 13.3 Å². The number of benzene rings is 2. The van der Waals surface area contributed by atoms with Crippen molar-refractivity contribution >= 4 is 52.4 Å². The van der Waals surface area contributed by atoms with Crippen LogP contribution in [0, 0.1) is 24.2 Å². The highest BCUT2D eigenvalue weighted by Crippen LogP contribution is 2.77. The van der Waals surface area contributed by atoms with Gasteiger partial charge in [-0.05, 0) is 81.9 Å². The SMILES string of the molecule is C=C[C@@H]1C[C@]1(CC(=O)[C@@H]1C[C@@H](Oc2cc(-c3csc(NC(C)C)n3)nc3cc(OC)ccc23)CN1C(=O)[C@@H](CC(=O)OC1CCCC1)C(C)(C)C)P(=O)(Cc1ccccc1)OCc1oc(=O)oc1C. The van der Waals surface area contributed by atoms with E-state index in [0.29, 0.717) is 40.2 Å². The molecule has 3 fully saturated rings. The molecule has 17 heteroatoms. The van der Waals surface area contributed by atoms with Crippen molar-refractivity contribution in [3.63, 3.8) is 0 Å². The highest BCUT2D eigenvalue weighted by Gasteiger charge is 2.66. The molecule has 6 atom stereocenters. The summed E-state index contributed by atoms with van der Waals surface area (Å²) in [7, 11) is -2.28. The zero-order valence-corrected chi connectivity index (χ0v) is 42.2. The van der Waals surface area contributed by atoms with Crippen molar-refractivity contribution in [1.29, 1.82) is 0 Å². The van der Waals surface area contributed by atoms with E-state index >= 15 is 14.2 Å². The molecule has 5 aromatic rings. The molecular weight excluding hydrogens is 920 g/mol.